The summed E-state index contributed by atoms with van der Waals surface area (Å²) in [5, 5.41) is 2.80. The number of pyridine rings is 1. The first-order valence-electron chi connectivity index (χ1n) is 8.42. The summed E-state index contributed by atoms with van der Waals surface area (Å²) in [6, 6.07) is 20.4. The number of nitrogens with zero attached hydrogens (tertiary/aromatic N) is 1. The van der Waals surface area contributed by atoms with E-state index >= 15 is 0 Å². The maximum Gasteiger partial charge on any atom is 0.257 e. The molecule has 1 aromatic heterocycles. The molecule has 0 aliphatic carbocycles. The van der Waals surface area contributed by atoms with E-state index in [0.717, 1.165) is 5.56 Å². The molecule has 0 aliphatic rings. The number of benzene rings is 2. The van der Waals surface area contributed by atoms with Crippen LogP contribution in [0.1, 0.15) is 22.8 Å². The number of carbonyl (C=O) groups is 1. The highest BCUT2D eigenvalue weighted by atomic mass is 16.5. The fourth-order valence-electron chi connectivity index (χ4n) is 2.41. The second-order valence-electron chi connectivity index (χ2n) is 5.54. The molecular formula is C21H20N2O3. The van der Waals surface area contributed by atoms with Crippen molar-refractivity contribution in [3.8, 4) is 11.5 Å². The number of ether oxygens (including phenoxy) is 2. The van der Waals surface area contributed by atoms with Crippen LogP contribution in [0.25, 0.3) is 0 Å². The fourth-order valence-corrected chi connectivity index (χ4v) is 2.41. The zero-order chi connectivity index (χ0) is 18.2. The molecule has 0 saturated heterocycles. The standard InChI is InChI=1S/C21H20N2O3/c1-2-25-18-11-6-10-17(14-18)21(24)23-20-19(12-7-13-22-20)26-15-16-8-4-3-5-9-16/h3-14H,2,15H2,1H3,(H,22,23,24). The van der Waals surface area contributed by atoms with E-state index in [4.69, 9.17) is 9.47 Å². The van der Waals surface area contributed by atoms with E-state index in [2.05, 4.69) is 10.3 Å². The molecule has 3 aromatic rings. The molecule has 26 heavy (non-hydrogen) atoms. The summed E-state index contributed by atoms with van der Waals surface area (Å²) in [6.07, 6.45) is 1.61. The van der Waals surface area contributed by atoms with E-state index < -0.39 is 0 Å². The Morgan fingerprint density at radius 3 is 2.65 bits per heavy atom. The first kappa shape index (κ1) is 17.5. The lowest BCUT2D eigenvalue weighted by Crippen LogP contribution is -2.14. The van der Waals surface area contributed by atoms with Crippen LogP contribution in [0.3, 0.4) is 0 Å². The fraction of sp³-hybridized carbons (Fsp3) is 0.143. The zero-order valence-corrected chi connectivity index (χ0v) is 14.5. The first-order valence-corrected chi connectivity index (χ1v) is 8.42. The van der Waals surface area contributed by atoms with Gasteiger partial charge in [-0.2, -0.15) is 0 Å². The monoisotopic (exact) mass is 348 g/mol. The summed E-state index contributed by atoms with van der Waals surface area (Å²) in [7, 11) is 0. The van der Waals surface area contributed by atoms with Gasteiger partial charge in [-0.25, -0.2) is 4.98 Å². The minimum absolute atomic E-state index is 0.269. The molecule has 0 spiro atoms. The summed E-state index contributed by atoms with van der Waals surface area (Å²) in [4.78, 5) is 16.8. The van der Waals surface area contributed by atoms with Gasteiger partial charge in [0.15, 0.2) is 11.6 Å². The predicted octanol–water partition coefficient (Wildman–Crippen LogP) is 4.31. The number of carbonyl (C=O) groups excluding carboxylic acids is 1. The van der Waals surface area contributed by atoms with Crippen molar-refractivity contribution in [1.29, 1.82) is 0 Å². The SMILES string of the molecule is CCOc1cccc(C(=O)Nc2ncccc2OCc2ccccc2)c1. The average Bonchev–Trinajstić information content (AvgIpc) is 2.68. The van der Waals surface area contributed by atoms with Crippen LogP contribution in [0.5, 0.6) is 11.5 Å². The van der Waals surface area contributed by atoms with Gasteiger partial charge in [-0.05, 0) is 42.8 Å². The summed E-state index contributed by atoms with van der Waals surface area (Å²) in [6.45, 7) is 2.84. The molecule has 0 radical (unpaired) electrons. The van der Waals surface area contributed by atoms with Crippen molar-refractivity contribution in [2.24, 2.45) is 0 Å². The maximum absolute atomic E-state index is 12.5. The molecule has 5 nitrogen and oxygen atoms in total. The third-order valence-electron chi connectivity index (χ3n) is 3.65. The molecule has 0 aliphatic heterocycles. The van der Waals surface area contributed by atoms with Gasteiger partial charge in [0.05, 0.1) is 6.61 Å². The van der Waals surface area contributed by atoms with Crippen molar-refractivity contribution in [2.75, 3.05) is 11.9 Å². The summed E-state index contributed by atoms with van der Waals surface area (Å²) < 4.78 is 11.3. The molecule has 2 aromatic carbocycles. The molecule has 1 amide bonds. The highest BCUT2D eigenvalue weighted by molar-refractivity contribution is 6.04. The van der Waals surface area contributed by atoms with E-state index in [1.165, 1.54) is 0 Å². The smallest absolute Gasteiger partial charge is 0.257 e. The van der Waals surface area contributed by atoms with Crippen molar-refractivity contribution in [3.63, 3.8) is 0 Å². The van der Waals surface area contributed by atoms with Gasteiger partial charge in [0.25, 0.3) is 5.91 Å². The van der Waals surface area contributed by atoms with Crippen LogP contribution < -0.4 is 14.8 Å². The maximum atomic E-state index is 12.5. The topological polar surface area (TPSA) is 60.5 Å². The zero-order valence-electron chi connectivity index (χ0n) is 14.5. The van der Waals surface area contributed by atoms with Crippen molar-refractivity contribution >= 4 is 11.7 Å². The van der Waals surface area contributed by atoms with Gasteiger partial charge in [-0.3, -0.25) is 4.79 Å². The van der Waals surface area contributed by atoms with Crippen LogP contribution in [-0.2, 0) is 6.61 Å². The minimum Gasteiger partial charge on any atom is -0.494 e. The predicted molar refractivity (Wildman–Crippen MR) is 101 cm³/mol. The Balaban J connectivity index is 1.71. The number of nitrogens with one attached hydrogen (secondary N) is 1. The number of hydrogen-bond acceptors (Lipinski definition) is 4. The van der Waals surface area contributed by atoms with E-state index in [-0.39, 0.29) is 5.91 Å². The highest BCUT2D eigenvalue weighted by Crippen LogP contribution is 2.23. The molecular weight excluding hydrogens is 328 g/mol. The summed E-state index contributed by atoms with van der Waals surface area (Å²) in [5.41, 5.74) is 1.54. The lowest BCUT2D eigenvalue weighted by atomic mass is 10.2. The number of amides is 1. The normalized spacial score (nSPS) is 10.2. The van der Waals surface area contributed by atoms with E-state index in [1.54, 1.807) is 36.5 Å². The van der Waals surface area contributed by atoms with Gasteiger partial charge in [0.2, 0.25) is 0 Å². The van der Waals surface area contributed by atoms with Gasteiger partial charge < -0.3 is 14.8 Å². The third kappa shape index (κ3) is 4.60. The molecule has 1 heterocycles. The largest absolute Gasteiger partial charge is 0.494 e. The first-order chi connectivity index (χ1) is 12.8. The molecule has 0 bridgehead atoms. The summed E-state index contributed by atoms with van der Waals surface area (Å²) in [5.74, 6) is 1.29. The van der Waals surface area contributed by atoms with Gasteiger partial charge in [-0.1, -0.05) is 36.4 Å². The lowest BCUT2D eigenvalue weighted by molar-refractivity contribution is 0.102. The molecule has 3 rings (SSSR count). The van der Waals surface area contributed by atoms with Gasteiger partial charge in [0, 0.05) is 11.8 Å². The van der Waals surface area contributed by atoms with E-state index in [0.29, 0.717) is 36.1 Å². The minimum atomic E-state index is -0.269. The van der Waals surface area contributed by atoms with Crippen molar-refractivity contribution in [1.82, 2.24) is 4.98 Å². The Labute approximate surface area is 152 Å². The Kier molecular flexibility index (Phi) is 5.83. The Hall–Kier alpha value is -3.34. The average molecular weight is 348 g/mol. The Morgan fingerprint density at radius 1 is 1.00 bits per heavy atom. The molecule has 0 saturated carbocycles. The molecule has 1 N–H and O–H groups in total. The number of anilines is 1. The third-order valence-corrected chi connectivity index (χ3v) is 3.65. The Morgan fingerprint density at radius 2 is 1.85 bits per heavy atom. The number of hydrogen-bond donors (Lipinski definition) is 1. The second kappa shape index (κ2) is 8.67. The van der Waals surface area contributed by atoms with Gasteiger partial charge in [-0.15, -0.1) is 0 Å². The van der Waals surface area contributed by atoms with Crippen LogP contribution in [-0.4, -0.2) is 17.5 Å². The highest BCUT2D eigenvalue weighted by Gasteiger charge is 2.12. The molecule has 0 unspecified atom stereocenters. The van der Waals surface area contributed by atoms with Crippen LogP contribution in [0.2, 0.25) is 0 Å². The van der Waals surface area contributed by atoms with Crippen molar-refractivity contribution in [3.05, 3.63) is 84.1 Å². The summed E-state index contributed by atoms with van der Waals surface area (Å²) >= 11 is 0. The van der Waals surface area contributed by atoms with E-state index in [9.17, 15) is 4.79 Å². The van der Waals surface area contributed by atoms with Crippen molar-refractivity contribution in [2.45, 2.75) is 13.5 Å². The van der Waals surface area contributed by atoms with Crippen LogP contribution in [0, 0.1) is 0 Å². The Bertz CT molecular complexity index is 866. The quantitative estimate of drug-likeness (QED) is 0.691. The number of aromatic nitrogens is 1. The van der Waals surface area contributed by atoms with Gasteiger partial charge in [0.1, 0.15) is 12.4 Å². The van der Waals surface area contributed by atoms with Crippen LogP contribution >= 0.6 is 0 Å². The number of rotatable bonds is 7. The van der Waals surface area contributed by atoms with Crippen LogP contribution in [0.15, 0.2) is 72.9 Å². The van der Waals surface area contributed by atoms with Crippen molar-refractivity contribution < 1.29 is 14.3 Å². The molecule has 0 atom stereocenters. The van der Waals surface area contributed by atoms with Gasteiger partial charge >= 0.3 is 0 Å². The molecule has 5 heteroatoms. The molecule has 132 valence electrons. The van der Waals surface area contributed by atoms with E-state index in [1.807, 2.05) is 43.3 Å². The second-order valence-corrected chi connectivity index (χ2v) is 5.54. The van der Waals surface area contributed by atoms with Crippen LogP contribution in [0.4, 0.5) is 5.82 Å². The molecule has 0 fully saturated rings. The lowest BCUT2D eigenvalue weighted by Gasteiger charge is -2.12.